The van der Waals surface area contributed by atoms with Crippen LogP contribution in [0, 0.1) is 5.41 Å². The highest BCUT2D eigenvalue weighted by atomic mass is 16.4. The van der Waals surface area contributed by atoms with Gasteiger partial charge < -0.3 is 15.3 Å². The molecule has 1 aliphatic rings. The van der Waals surface area contributed by atoms with E-state index in [4.69, 9.17) is 0 Å². The highest BCUT2D eigenvalue weighted by molar-refractivity contribution is 5.78. The number of hydrogen-bond donors (Lipinski definition) is 2. The number of carboxylic acids is 1. The van der Waals surface area contributed by atoms with Crippen LogP contribution in [-0.2, 0) is 4.79 Å². The zero-order valence-electron chi connectivity index (χ0n) is 12.1. The molecule has 0 heterocycles. The van der Waals surface area contributed by atoms with Crippen molar-refractivity contribution in [3.63, 3.8) is 0 Å². The van der Waals surface area contributed by atoms with Gasteiger partial charge in [0.25, 0.3) is 0 Å². The summed E-state index contributed by atoms with van der Waals surface area (Å²) < 4.78 is 0. The quantitative estimate of drug-likeness (QED) is 0.746. The Labute approximate surface area is 115 Å². The molecule has 1 aliphatic carbocycles. The van der Waals surface area contributed by atoms with Crippen LogP contribution in [0.1, 0.15) is 52.4 Å². The van der Waals surface area contributed by atoms with Crippen molar-refractivity contribution in [2.75, 3.05) is 19.6 Å². The van der Waals surface area contributed by atoms with E-state index >= 15 is 0 Å². The predicted molar refractivity (Wildman–Crippen MR) is 74.1 cm³/mol. The molecule has 1 fully saturated rings. The van der Waals surface area contributed by atoms with Crippen LogP contribution in [0.5, 0.6) is 0 Å². The number of urea groups is 1. The fraction of sp³-hybridized carbons (Fsp3) is 0.857. The van der Waals surface area contributed by atoms with E-state index < -0.39 is 11.4 Å². The first-order valence-electron chi connectivity index (χ1n) is 7.32. The van der Waals surface area contributed by atoms with Gasteiger partial charge in [0.1, 0.15) is 0 Å². The number of rotatable bonds is 7. The minimum atomic E-state index is -0.775. The van der Waals surface area contributed by atoms with Gasteiger partial charge >= 0.3 is 12.0 Å². The van der Waals surface area contributed by atoms with Crippen molar-refractivity contribution in [2.45, 2.75) is 52.4 Å². The zero-order chi connectivity index (χ0) is 14.3. The molecule has 5 nitrogen and oxygen atoms in total. The fourth-order valence-electron chi connectivity index (χ4n) is 2.73. The van der Waals surface area contributed by atoms with Crippen molar-refractivity contribution < 1.29 is 14.7 Å². The van der Waals surface area contributed by atoms with Gasteiger partial charge in [-0.1, -0.05) is 26.7 Å². The molecule has 110 valence electrons. The molecule has 2 N–H and O–H groups in total. The minimum Gasteiger partial charge on any atom is -0.481 e. The van der Waals surface area contributed by atoms with Gasteiger partial charge in [0.2, 0.25) is 0 Å². The first kappa shape index (κ1) is 15.8. The van der Waals surface area contributed by atoms with E-state index in [9.17, 15) is 14.7 Å². The number of carbonyl (C=O) groups is 2. The molecule has 0 unspecified atom stereocenters. The average Bonchev–Trinajstić information content (AvgIpc) is 2.86. The molecule has 0 aromatic heterocycles. The van der Waals surface area contributed by atoms with Gasteiger partial charge in [-0.2, -0.15) is 0 Å². The van der Waals surface area contributed by atoms with Gasteiger partial charge in [-0.05, 0) is 25.7 Å². The Bertz CT molecular complexity index is 306. The summed E-state index contributed by atoms with van der Waals surface area (Å²) in [5.41, 5.74) is -0.736. The summed E-state index contributed by atoms with van der Waals surface area (Å²) in [6, 6.07) is -0.128. The van der Waals surface area contributed by atoms with E-state index in [0.29, 0.717) is 12.8 Å². The Kier molecular flexibility index (Phi) is 6.12. The third kappa shape index (κ3) is 4.11. The van der Waals surface area contributed by atoms with Gasteiger partial charge in [0, 0.05) is 19.6 Å². The number of nitrogens with zero attached hydrogens (tertiary/aromatic N) is 1. The van der Waals surface area contributed by atoms with E-state index in [1.54, 1.807) is 4.90 Å². The molecule has 5 heteroatoms. The molecular weight excluding hydrogens is 244 g/mol. The molecule has 2 amide bonds. The molecule has 0 bridgehead atoms. The summed E-state index contributed by atoms with van der Waals surface area (Å²) >= 11 is 0. The predicted octanol–water partition coefficient (Wildman–Crippen LogP) is 2.46. The number of carbonyl (C=O) groups excluding carboxylic acids is 1. The van der Waals surface area contributed by atoms with Gasteiger partial charge in [0.15, 0.2) is 0 Å². The van der Waals surface area contributed by atoms with Crippen LogP contribution in [0.3, 0.4) is 0 Å². The van der Waals surface area contributed by atoms with Gasteiger partial charge in [-0.3, -0.25) is 4.79 Å². The van der Waals surface area contributed by atoms with Crippen molar-refractivity contribution in [3.8, 4) is 0 Å². The monoisotopic (exact) mass is 270 g/mol. The van der Waals surface area contributed by atoms with Crippen LogP contribution in [0.15, 0.2) is 0 Å². The second-order valence-electron chi connectivity index (χ2n) is 5.44. The second-order valence-corrected chi connectivity index (χ2v) is 5.44. The third-order valence-electron chi connectivity index (χ3n) is 3.87. The van der Waals surface area contributed by atoms with Crippen LogP contribution in [0.2, 0.25) is 0 Å². The Hall–Kier alpha value is -1.26. The average molecular weight is 270 g/mol. The normalized spacial score (nSPS) is 17.2. The minimum absolute atomic E-state index is 0.128. The van der Waals surface area contributed by atoms with Gasteiger partial charge in [-0.25, -0.2) is 4.79 Å². The van der Waals surface area contributed by atoms with E-state index in [1.807, 2.05) is 13.8 Å². The summed E-state index contributed by atoms with van der Waals surface area (Å²) in [5, 5.41) is 12.2. The molecular formula is C14H26N2O3. The number of carboxylic acid groups (broad SMARTS) is 1. The van der Waals surface area contributed by atoms with Gasteiger partial charge in [0.05, 0.1) is 5.41 Å². The summed E-state index contributed by atoms with van der Waals surface area (Å²) in [4.78, 5) is 25.2. The second kappa shape index (κ2) is 7.36. The lowest BCUT2D eigenvalue weighted by Crippen LogP contribution is -2.47. The molecule has 0 radical (unpaired) electrons. The number of nitrogens with one attached hydrogen (secondary N) is 1. The Morgan fingerprint density at radius 2 is 1.68 bits per heavy atom. The Morgan fingerprint density at radius 3 is 2.11 bits per heavy atom. The van der Waals surface area contributed by atoms with Crippen molar-refractivity contribution in [3.05, 3.63) is 0 Å². The van der Waals surface area contributed by atoms with Gasteiger partial charge in [-0.15, -0.1) is 0 Å². The lowest BCUT2D eigenvalue weighted by Gasteiger charge is -2.27. The Morgan fingerprint density at radius 1 is 1.16 bits per heavy atom. The first-order valence-corrected chi connectivity index (χ1v) is 7.32. The molecule has 0 aromatic carbocycles. The maximum atomic E-state index is 12.1. The third-order valence-corrected chi connectivity index (χ3v) is 3.87. The summed E-state index contributed by atoms with van der Waals surface area (Å²) in [6.45, 7) is 5.77. The van der Waals surface area contributed by atoms with Crippen LogP contribution in [0.25, 0.3) is 0 Å². The lowest BCUT2D eigenvalue weighted by molar-refractivity contribution is -0.148. The molecule has 1 rings (SSSR count). The highest BCUT2D eigenvalue weighted by Crippen LogP contribution is 2.37. The summed E-state index contributed by atoms with van der Waals surface area (Å²) in [6.07, 6.45) is 5.05. The molecule has 0 saturated heterocycles. The molecule has 0 atom stereocenters. The smallest absolute Gasteiger partial charge is 0.317 e. The number of amides is 2. The van der Waals surface area contributed by atoms with E-state index in [1.165, 1.54) is 0 Å². The molecule has 0 spiro atoms. The Balaban J connectivity index is 2.53. The van der Waals surface area contributed by atoms with E-state index in [2.05, 4.69) is 5.32 Å². The lowest BCUT2D eigenvalue weighted by atomic mass is 9.86. The van der Waals surface area contributed by atoms with Crippen LogP contribution in [-0.4, -0.2) is 41.6 Å². The fourth-order valence-corrected chi connectivity index (χ4v) is 2.73. The standard InChI is InChI=1S/C14H26N2O3/c1-3-9-16(10-4-2)13(19)15-11-14(12(17)18)7-5-6-8-14/h3-11H2,1-2H3,(H,15,19)(H,17,18). The first-order chi connectivity index (χ1) is 9.05. The maximum Gasteiger partial charge on any atom is 0.317 e. The van der Waals surface area contributed by atoms with Crippen LogP contribution in [0.4, 0.5) is 4.79 Å². The van der Waals surface area contributed by atoms with Crippen molar-refractivity contribution in [1.82, 2.24) is 10.2 Å². The van der Waals surface area contributed by atoms with Crippen LogP contribution >= 0.6 is 0 Å². The molecule has 19 heavy (non-hydrogen) atoms. The summed E-state index contributed by atoms with van der Waals surface area (Å²) in [7, 11) is 0. The SMILES string of the molecule is CCCN(CCC)C(=O)NCC1(C(=O)O)CCCC1. The molecule has 0 aromatic rings. The zero-order valence-corrected chi connectivity index (χ0v) is 12.1. The molecule has 0 aliphatic heterocycles. The van der Waals surface area contributed by atoms with Crippen molar-refractivity contribution in [1.29, 1.82) is 0 Å². The maximum absolute atomic E-state index is 12.1. The largest absolute Gasteiger partial charge is 0.481 e. The van der Waals surface area contributed by atoms with Crippen molar-refractivity contribution in [2.24, 2.45) is 5.41 Å². The van der Waals surface area contributed by atoms with Crippen molar-refractivity contribution >= 4 is 12.0 Å². The topological polar surface area (TPSA) is 69.6 Å². The summed E-state index contributed by atoms with van der Waals surface area (Å²) in [5.74, 6) is -0.775. The molecule has 1 saturated carbocycles. The highest BCUT2D eigenvalue weighted by Gasteiger charge is 2.41. The number of aliphatic carboxylic acids is 1. The van der Waals surface area contributed by atoms with E-state index in [-0.39, 0.29) is 12.6 Å². The number of hydrogen-bond acceptors (Lipinski definition) is 2. The van der Waals surface area contributed by atoms with Crippen LogP contribution < -0.4 is 5.32 Å². The van der Waals surface area contributed by atoms with E-state index in [0.717, 1.165) is 38.8 Å².